The van der Waals surface area contributed by atoms with Gasteiger partial charge in [0.2, 0.25) is 5.91 Å². The number of amides is 1. The Balaban J connectivity index is 1.51. The second-order valence-electron chi connectivity index (χ2n) is 6.15. The second kappa shape index (κ2) is 8.02. The summed E-state index contributed by atoms with van der Waals surface area (Å²) in [6.45, 7) is 2.81. The van der Waals surface area contributed by atoms with E-state index in [9.17, 15) is 4.79 Å². The largest absolute Gasteiger partial charge is 0.325 e. The van der Waals surface area contributed by atoms with Crippen molar-refractivity contribution in [1.29, 1.82) is 0 Å². The van der Waals surface area contributed by atoms with E-state index < -0.39 is 0 Å². The van der Waals surface area contributed by atoms with Crippen molar-refractivity contribution in [3.8, 4) is 0 Å². The Hall–Kier alpha value is -1.55. The molecular formula is C19H20Cl2N2O. The molecule has 0 saturated carbocycles. The fraction of sp³-hybridized carbons (Fsp3) is 0.316. The molecule has 0 spiro atoms. The van der Waals surface area contributed by atoms with Gasteiger partial charge >= 0.3 is 0 Å². The van der Waals surface area contributed by atoms with Gasteiger partial charge in [0.1, 0.15) is 0 Å². The average molecular weight is 363 g/mol. The number of anilines is 1. The van der Waals surface area contributed by atoms with Crippen molar-refractivity contribution in [2.75, 3.05) is 18.4 Å². The molecule has 1 N–H and O–H groups in total. The Labute approximate surface area is 152 Å². The van der Waals surface area contributed by atoms with Crippen molar-refractivity contribution >= 4 is 34.8 Å². The van der Waals surface area contributed by atoms with Gasteiger partial charge in [-0.1, -0.05) is 53.5 Å². The summed E-state index contributed by atoms with van der Waals surface area (Å²) in [5.74, 6) is 0.0716. The molecule has 1 heterocycles. The Bertz CT molecular complexity index is 698. The van der Waals surface area contributed by atoms with E-state index in [1.807, 2.05) is 6.07 Å². The van der Waals surface area contributed by atoms with Crippen LogP contribution in [0.15, 0.2) is 48.5 Å². The highest BCUT2D eigenvalue weighted by atomic mass is 35.5. The zero-order valence-corrected chi connectivity index (χ0v) is 14.9. The van der Waals surface area contributed by atoms with Crippen LogP contribution in [-0.2, 0) is 11.3 Å². The van der Waals surface area contributed by atoms with Crippen LogP contribution in [0.1, 0.15) is 18.4 Å². The third-order valence-corrected chi connectivity index (χ3v) is 4.94. The van der Waals surface area contributed by atoms with Crippen LogP contribution in [-0.4, -0.2) is 23.9 Å². The number of benzene rings is 2. The van der Waals surface area contributed by atoms with E-state index in [1.165, 1.54) is 5.56 Å². The number of hydrogen-bond acceptors (Lipinski definition) is 2. The zero-order valence-electron chi connectivity index (χ0n) is 13.3. The number of carbonyl (C=O) groups is 1. The maximum atomic E-state index is 12.4. The first-order valence-electron chi connectivity index (χ1n) is 8.14. The molecule has 0 aromatic heterocycles. The van der Waals surface area contributed by atoms with Gasteiger partial charge in [-0.15, -0.1) is 0 Å². The predicted octanol–water partition coefficient (Wildman–Crippen LogP) is 4.84. The standard InChI is InChI=1S/C19H20Cl2N2O/c20-16-6-7-18(17(21)12-16)22-19(24)15-8-10-23(11-9-15)13-14-4-2-1-3-5-14/h1-7,12,15H,8-11,13H2,(H,22,24). The third kappa shape index (κ3) is 4.50. The number of carbonyl (C=O) groups excluding carboxylic acids is 1. The molecule has 1 aliphatic rings. The van der Waals surface area contributed by atoms with Crippen LogP contribution in [0.5, 0.6) is 0 Å². The van der Waals surface area contributed by atoms with Gasteiger partial charge in [-0.25, -0.2) is 0 Å². The first kappa shape index (κ1) is 17.3. The molecule has 5 heteroatoms. The monoisotopic (exact) mass is 362 g/mol. The molecule has 0 atom stereocenters. The highest BCUT2D eigenvalue weighted by molar-refractivity contribution is 6.36. The second-order valence-corrected chi connectivity index (χ2v) is 6.99. The topological polar surface area (TPSA) is 32.3 Å². The van der Waals surface area contributed by atoms with E-state index in [0.29, 0.717) is 15.7 Å². The summed E-state index contributed by atoms with van der Waals surface area (Å²) in [5.41, 5.74) is 1.94. The van der Waals surface area contributed by atoms with Crippen LogP contribution in [0.2, 0.25) is 10.0 Å². The van der Waals surface area contributed by atoms with Crippen molar-refractivity contribution in [3.05, 3.63) is 64.1 Å². The van der Waals surface area contributed by atoms with Crippen molar-refractivity contribution in [2.45, 2.75) is 19.4 Å². The van der Waals surface area contributed by atoms with Gasteiger partial charge in [-0.3, -0.25) is 9.69 Å². The molecule has 3 rings (SSSR count). The Morgan fingerprint density at radius 3 is 2.46 bits per heavy atom. The maximum Gasteiger partial charge on any atom is 0.227 e. The summed E-state index contributed by atoms with van der Waals surface area (Å²) in [6.07, 6.45) is 1.73. The van der Waals surface area contributed by atoms with Crippen LogP contribution >= 0.6 is 23.2 Å². The first-order valence-corrected chi connectivity index (χ1v) is 8.89. The lowest BCUT2D eigenvalue weighted by molar-refractivity contribution is -0.121. The molecule has 1 aliphatic heterocycles. The minimum absolute atomic E-state index is 0.0313. The lowest BCUT2D eigenvalue weighted by Crippen LogP contribution is -2.37. The Morgan fingerprint density at radius 2 is 1.79 bits per heavy atom. The van der Waals surface area contributed by atoms with E-state index in [1.54, 1.807) is 18.2 Å². The summed E-state index contributed by atoms with van der Waals surface area (Å²) < 4.78 is 0. The summed E-state index contributed by atoms with van der Waals surface area (Å²) in [6, 6.07) is 15.5. The molecule has 126 valence electrons. The Kier molecular flexibility index (Phi) is 5.77. The van der Waals surface area contributed by atoms with Gasteiger partial charge in [-0.05, 0) is 49.7 Å². The van der Waals surface area contributed by atoms with Crippen molar-refractivity contribution < 1.29 is 4.79 Å². The quantitative estimate of drug-likeness (QED) is 0.843. The van der Waals surface area contributed by atoms with Gasteiger partial charge in [0, 0.05) is 17.5 Å². The Morgan fingerprint density at radius 1 is 1.08 bits per heavy atom. The molecule has 3 nitrogen and oxygen atoms in total. The molecule has 1 fully saturated rings. The summed E-state index contributed by atoms with van der Waals surface area (Å²) in [5, 5.41) is 3.96. The minimum atomic E-state index is 0.0313. The van der Waals surface area contributed by atoms with Gasteiger partial charge in [0.05, 0.1) is 10.7 Å². The van der Waals surface area contributed by atoms with E-state index >= 15 is 0 Å². The number of rotatable bonds is 4. The lowest BCUT2D eigenvalue weighted by Gasteiger charge is -2.31. The molecule has 1 amide bonds. The molecule has 2 aromatic rings. The van der Waals surface area contributed by atoms with Gasteiger partial charge in [0.25, 0.3) is 0 Å². The van der Waals surface area contributed by atoms with Gasteiger partial charge < -0.3 is 5.32 Å². The summed E-state index contributed by atoms with van der Waals surface area (Å²) >= 11 is 12.0. The average Bonchev–Trinajstić information content (AvgIpc) is 2.59. The van der Waals surface area contributed by atoms with E-state index in [2.05, 4.69) is 34.5 Å². The van der Waals surface area contributed by atoms with Crippen LogP contribution < -0.4 is 5.32 Å². The number of nitrogens with zero attached hydrogens (tertiary/aromatic N) is 1. The van der Waals surface area contributed by atoms with E-state index in [0.717, 1.165) is 32.5 Å². The van der Waals surface area contributed by atoms with Crippen LogP contribution in [0.4, 0.5) is 5.69 Å². The number of nitrogens with one attached hydrogen (secondary N) is 1. The molecule has 0 aliphatic carbocycles. The normalized spacial score (nSPS) is 16.1. The smallest absolute Gasteiger partial charge is 0.227 e. The van der Waals surface area contributed by atoms with Gasteiger partial charge in [0.15, 0.2) is 0 Å². The number of halogens is 2. The predicted molar refractivity (Wildman–Crippen MR) is 99.5 cm³/mol. The first-order chi connectivity index (χ1) is 11.6. The highest BCUT2D eigenvalue weighted by Crippen LogP contribution is 2.27. The van der Waals surface area contributed by atoms with Crippen LogP contribution in [0, 0.1) is 5.92 Å². The van der Waals surface area contributed by atoms with E-state index in [4.69, 9.17) is 23.2 Å². The van der Waals surface area contributed by atoms with Crippen molar-refractivity contribution in [3.63, 3.8) is 0 Å². The lowest BCUT2D eigenvalue weighted by atomic mass is 9.95. The van der Waals surface area contributed by atoms with Crippen molar-refractivity contribution in [2.24, 2.45) is 5.92 Å². The van der Waals surface area contributed by atoms with E-state index in [-0.39, 0.29) is 11.8 Å². The SMILES string of the molecule is O=C(Nc1ccc(Cl)cc1Cl)C1CCN(Cc2ccccc2)CC1. The van der Waals surface area contributed by atoms with Crippen LogP contribution in [0.3, 0.4) is 0 Å². The fourth-order valence-corrected chi connectivity index (χ4v) is 3.48. The number of likely N-dealkylation sites (tertiary alicyclic amines) is 1. The van der Waals surface area contributed by atoms with Crippen molar-refractivity contribution in [1.82, 2.24) is 4.90 Å². The number of hydrogen-bond donors (Lipinski definition) is 1. The third-order valence-electron chi connectivity index (χ3n) is 4.40. The molecule has 0 radical (unpaired) electrons. The summed E-state index contributed by atoms with van der Waals surface area (Å²) in [4.78, 5) is 14.8. The molecule has 0 bridgehead atoms. The van der Waals surface area contributed by atoms with Gasteiger partial charge in [-0.2, -0.15) is 0 Å². The fourth-order valence-electron chi connectivity index (χ4n) is 3.02. The molecule has 24 heavy (non-hydrogen) atoms. The zero-order chi connectivity index (χ0) is 16.9. The van der Waals surface area contributed by atoms with Crippen LogP contribution in [0.25, 0.3) is 0 Å². The molecular weight excluding hydrogens is 343 g/mol. The highest BCUT2D eigenvalue weighted by Gasteiger charge is 2.25. The summed E-state index contributed by atoms with van der Waals surface area (Å²) in [7, 11) is 0. The minimum Gasteiger partial charge on any atom is -0.325 e. The molecule has 1 saturated heterocycles. The molecule has 2 aromatic carbocycles. The maximum absolute atomic E-state index is 12.4. The number of piperidine rings is 1. The molecule has 0 unspecified atom stereocenters.